The highest BCUT2D eigenvalue weighted by Gasteiger charge is 2.08. The van der Waals surface area contributed by atoms with Gasteiger partial charge >= 0.3 is 0 Å². The van der Waals surface area contributed by atoms with Crippen LogP contribution in [0, 0.1) is 0 Å². The van der Waals surface area contributed by atoms with Crippen LogP contribution in [0.3, 0.4) is 0 Å². The molecule has 0 atom stereocenters. The van der Waals surface area contributed by atoms with Crippen molar-refractivity contribution in [2.75, 3.05) is 7.11 Å². The van der Waals surface area contributed by atoms with E-state index in [0.29, 0.717) is 16.5 Å². The van der Waals surface area contributed by atoms with Gasteiger partial charge in [0.1, 0.15) is 17.2 Å². The summed E-state index contributed by atoms with van der Waals surface area (Å²) in [5.74, 6) is 0.691. The third-order valence-corrected chi connectivity index (χ3v) is 2.53. The van der Waals surface area contributed by atoms with Crippen molar-refractivity contribution in [3.8, 4) is 22.8 Å². The Labute approximate surface area is 98.3 Å². The van der Waals surface area contributed by atoms with E-state index in [1.165, 1.54) is 0 Å². The minimum atomic E-state index is 0.0341. The molecule has 0 spiro atoms. The number of phenolic OH excluding ortho intramolecular Hbond substituents is 1. The van der Waals surface area contributed by atoms with Crippen LogP contribution in [0.4, 0.5) is 0 Å². The summed E-state index contributed by atoms with van der Waals surface area (Å²) < 4.78 is 5.19. The minimum absolute atomic E-state index is 0.0341. The Hall–Kier alpha value is -1.74. The molecule has 1 aromatic heterocycles. The van der Waals surface area contributed by atoms with Gasteiger partial charge in [-0.1, -0.05) is 17.7 Å². The Balaban J connectivity index is 2.54. The van der Waals surface area contributed by atoms with E-state index in [0.717, 1.165) is 5.56 Å². The maximum atomic E-state index is 9.52. The van der Waals surface area contributed by atoms with Crippen molar-refractivity contribution in [3.05, 3.63) is 41.6 Å². The second-order valence-corrected chi connectivity index (χ2v) is 3.63. The first-order chi connectivity index (χ1) is 7.72. The number of methoxy groups -OCH3 is 1. The van der Waals surface area contributed by atoms with E-state index in [-0.39, 0.29) is 5.75 Å². The molecule has 0 saturated carbocycles. The van der Waals surface area contributed by atoms with Crippen LogP contribution in [-0.2, 0) is 0 Å². The molecule has 1 aromatic carbocycles. The van der Waals surface area contributed by atoms with Crippen LogP contribution in [-0.4, -0.2) is 17.2 Å². The van der Waals surface area contributed by atoms with Gasteiger partial charge in [-0.05, 0) is 24.3 Å². The lowest BCUT2D eigenvalue weighted by Gasteiger charge is -2.07. The van der Waals surface area contributed by atoms with E-state index < -0.39 is 0 Å². The number of halogens is 1. The first-order valence-electron chi connectivity index (χ1n) is 4.70. The highest BCUT2D eigenvalue weighted by atomic mass is 35.5. The molecule has 82 valence electrons. The van der Waals surface area contributed by atoms with Gasteiger partial charge < -0.3 is 9.84 Å². The molecule has 3 nitrogen and oxygen atoms in total. The Morgan fingerprint density at radius 1 is 1.31 bits per heavy atom. The lowest BCUT2D eigenvalue weighted by atomic mass is 10.1. The normalized spacial score (nSPS) is 10.1. The lowest BCUT2D eigenvalue weighted by Crippen LogP contribution is -1.90. The summed E-state index contributed by atoms with van der Waals surface area (Å²) in [6.07, 6.45) is 1.67. The molecule has 2 aromatic rings. The summed E-state index contributed by atoms with van der Waals surface area (Å²) in [5.41, 5.74) is 1.44. The Morgan fingerprint density at radius 2 is 2.12 bits per heavy atom. The molecule has 0 fully saturated rings. The van der Waals surface area contributed by atoms with Crippen LogP contribution >= 0.6 is 11.6 Å². The predicted molar refractivity (Wildman–Crippen MR) is 62.9 cm³/mol. The zero-order valence-corrected chi connectivity index (χ0v) is 9.40. The maximum absolute atomic E-state index is 9.52. The average Bonchev–Trinajstić information content (AvgIpc) is 2.32. The molecule has 0 saturated heterocycles. The van der Waals surface area contributed by atoms with Gasteiger partial charge in [0.2, 0.25) is 0 Å². The Kier molecular flexibility index (Phi) is 2.97. The topological polar surface area (TPSA) is 42.4 Å². The molecular formula is C12H10ClNO2. The molecule has 1 heterocycles. The fourth-order valence-corrected chi connectivity index (χ4v) is 1.55. The molecule has 2 rings (SSSR count). The van der Waals surface area contributed by atoms with Gasteiger partial charge in [-0.25, -0.2) is 0 Å². The molecule has 0 unspecified atom stereocenters. The molecule has 1 N–H and O–H groups in total. The van der Waals surface area contributed by atoms with Crippen molar-refractivity contribution >= 4 is 11.6 Å². The molecule has 0 radical (unpaired) electrons. The minimum Gasteiger partial charge on any atom is -0.506 e. The number of phenols is 1. The summed E-state index contributed by atoms with van der Waals surface area (Å²) in [6, 6.07) is 8.58. The quantitative estimate of drug-likeness (QED) is 0.870. The second kappa shape index (κ2) is 4.41. The first-order valence-corrected chi connectivity index (χ1v) is 5.08. The van der Waals surface area contributed by atoms with E-state index >= 15 is 0 Å². The van der Waals surface area contributed by atoms with Crippen LogP contribution in [0.15, 0.2) is 36.5 Å². The van der Waals surface area contributed by atoms with Crippen molar-refractivity contribution in [2.24, 2.45) is 0 Å². The standard InChI is InChI=1S/C12H10ClNO2/c1-16-11-3-2-6-14-12(11)8-4-5-9(13)10(15)7-8/h2-7,15H,1H3. The zero-order chi connectivity index (χ0) is 11.5. The van der Waals surface area contributed by atoms with E-state index in [4.69, 9.17) is 16.3 Å². The van der Waals surface area contributed by atoms with Crippen LogP contribution in [0.1, 0.15) is 0 Å². The third kappa shape index (κ3) is 1.95. The predicted octanol–water partition coefficient (Wildman–Crippen LogP) is 3.12. The monoisotopic (exact) mass is 235 g/mol. The smallest absolute Gasteiger partial charge is 0.145 e. The molecule has 0 aliphatic carbocycles. The number of aromatic nitrogens is 1. The zero-order valence-electron chi connectivity index (χ0n) is 8.64. The van der Waals surface area contributed by atoms with Gasteiger partial charge in [0, 0.05) is 11.8 Å². The van der Waals surface area contributed by atoms with Crippen molar-refractivity contribution in [1.82, 2.24) is 4.98 Å². The highest BCUT2D eigenvalue weighted by molar-refractivity contribution is 6.32. The van der Waals surface area contributed by atoms with Crippen LogP contribution in [0.25, 0.3) is 11.3 Å². The summed E-state index contributed by atoms with van der Waals surface area (Å²) in [5, 5.41) is 9.84. The number of hydrogen-bond donors (Lipinski definition) is 1. The Bertz CT molecular complexity index is 514. The summed E-state index contributed by atoms with van der Waals surface area (Å²) >= 11 is 5.74. The van der Waals surface area contributed by atoms with E-state index in [9.17, 15) is 5.11 Å². The third-order valence-electron chi connectivity index (χ3n) is 2.21. The lowest BCUT2D eigenvalue weighted by molar-refractivity contribution is 0.415. The van der Waals surface area contributed by atoms with Crippen LogP contribution in [0.2, 0.25) is 5.02 Å². The average molecular weight is 236 g/mol. The van der Waals surface area contributed by atoms with Gasteiger partial charge in [-0.3, -0.25) is 4.98 Å². The molecule has 4 heteroatoms. The van der Waals surface area contributed by atoms with Crippen molar-refractivity contribution in [2.45, 2.75) is 0 Å². The number of aromatic hydroxyl groups is 1. The molecular weight excluding hydrogens is 226 g/mol. The van der Waals surface area contributed by atoms with Gasteiger partial charge in [0.05, 0.1) is 12.1 Å². The second-order valence-electron chi connectivity index (χ2n) is 3.22. The van der Waals surface area contributed by atoms with Crippen LogP contribution in [0.5, 0.6) is 11.5 Å². The van der Waals surface area contributed by atoms with E-state index in [2.05, 4.69) is 4.98 Å². The summed E-state index contributed by atoms with van der Waals surface area (Å²) in [7, 11) is 1.58. The maximum Gasteiger partial charge on any atom is 0.145 e. The molecule has 0 amide bonds. The fourth-order valence-electron chi connectivity index (χ4n) is 1.43. The van der Waals surface area contributed by atoms with Crippen molar-refractivity contribution in [1.29, 1.82) is 0 Å². The number of ether oxygens (including phenoxy) is 1. The number of pyridine rings is 1. The highest BCUT2D eigenvalue weighted by Crippen LogP contribution is 2.32. The number of rotatable bonds is 2. The SMILES string of the molecule is COc1cccnc1-c1ccc(Cl)c(O)c1. The fraction of sp³-hybridized carbons (Fsp3) is 0.0833. The number of benzene rings is 1. The first kappa shape index (κ1) is 10.8. The molecule has 0 bridgehead atoms. The molecule has 0 aliphatic rings. The summed E-state index contributed by atoms with van der Waals surface area (Å²) in [4.78, 5) is 4.21. The largest absolute Gasteiger partial charge is 0.506 e. The molecule has 0 aliphatic heterocycles. The number of nitrogens with zero attached hydrogens (tertiary/aromatic N) is 1. The molecule has 16 heavy (non-hydrogen) atoms. The summed E-state index contributed by atoms with van der Waals surface area (Å²) in [6.45, 7) is 0. The van der Waals surface area contributed by atoms with E-state index in [1.54, 1.807) is 37.6 Å². The van der Waals surface area contributed by atoms with Crippen molar-refractivity contribution < 1.29 is 9.84 Å². The Morgan fingerprint density at radius 3 is 2.81 bits per heavy atom. The van der Waals surface area contributed by atoms with Crippen LogP contribution < -0.4 is 4.74 Å². The van der Waals surface area contributed by atoms with Crippen molar-refractivity contribution in [3.63, 3.8) is 0 Å². The number of hydrogen-bond acceptors (Lipinski definition) is 3. The van der Waals surface area contributed by atoms with Gasteiger partial charge in [0.15, 0.2) is 0 Å². The van der Waals surface area contributed by atoms with Gasteiger partial charge in [-0.15, -0.1) is 0 Å². The van der Waals surface area contributed by atoms with Gasteiger partial charge in [0.25, 0.3) is 0 Å². The van der Waals surface area contributed by atoms with E-state index in [1.807, 2.05) is 6.07 Å². The van der Waals surface area contributed by atoms with Gasteiger partial charge in [-0.2, -0.15) is 0 Å².